The SMILES string of the molecule is Cc1cc([C@@H](C)Nc2ccccc2-c2ccc(=O)[nH]c2)c2oc(-c3ccccc3)c(C)c(=O)c2c1. The fraction of sp³-hybridized carbons (Fsp3) is 0.133. The van der Waals surface area contributed by atoms with Gasteiger partial charge in [-0.2, -0.15) is 0 Å². The molecule has 0 saturated carbocycles. The molecule has 2 aromatic heterocycles. The van der Waals surface area contributed by atoms with E-state index in [1.54, 1.807) is 12.3 Å². The minimum Gasteiger partial charge on any atom is -0.455 e. The van der Waals surface area contributed by atoms with Crippen molar-refractivity contribution in [1.29, 1.82) is 0 Å². The van der Waals surface area contributed by atoms with Crippen molar-refractivity contribution in [3.05, 3.63) is 122 Å². The van der Waals surface area contributed by atoms with Crippen LogP contribution in [-0.4, -0.2) is 4.98 Å². The van der Waals surface area contributed by atoms with E-state index in [1.165, 1.54) is 6.07 Å². The van der Waals surface area contributed by atoms with Crippen LogP contribution in [-0.2, 0) is 0 Å². The summed E-state index contributed by atoms with van der Waals surface area (Å²) >= 11 is 0. The Labute approximate surface area is 203 Å². The molecule has 0 aliphatic rings. The van der Waals surface area contributed by atoms with Crippen molar-refractivity contribution in [1.82, 2.24) is 4.98 Å². The van der Waals surface area contributed by atoms with Gasteiger partial charge in [-0.3, -0.25) is 9.59 Å². The van der Waals surface area contributed by atoms with Crippen molar-refractivity contribution in [2.75, 3.05) is 5.32 Å². The lowest BCUT2D eigenvalue weighted by atomic mass is 9.98. The van der Waals surface area contributed by atoms with E-state index in [4.69, 9.17) is 4.42 Å². The monoisotopic (exact) mass is 462 g/mol. The Balaban J connectivity index is 1.63. The smallest absolute Gasteiger partial charge is 0.247 e. The van der Waals surface area contributed by atoms with E-state index in [-0.39, 0.29) is 17.0 Å². The van der Waals surface area contributed by atoms with Gasteiger partial charge in [0.25, 0.3) is 0 Å². The average molecular weight is 463 g/mol. The Kier molecular flexibility index (Phi) is 5.83. The molecule has 5 rings (SSSR count). The molecule has 5 aromatic rings. The highest BCUT2D eigenvalue weighted by Crippen LogP contribution is 2.34. The van der Waals surface area contributed by atoms with E-state index in [0.717, 1.165) is 33.5 Å². The highest BCUT2D eigenvalue weighted by molar-refractivity contribution is 5.85. The van der Waals surface area contributed by atoms with Crippen LogP contribution in [0.3, 0.4) is 0 Å². The molecule has 0 radical (unpaired) electrons. The van der Waals surface area contributed by atoms with Crippen LogP contribution in [0.25, 0.3) is 33.4 Å². The van der Waals surface area contributed by atoms with Crippen molar-refractivity contribution < 1.29 is 4.42 Å². The summed E-state index contributed by atoms with van der Waals surface area (Å²) in [6.45, 7) is 5.86. The van der Waals surface area contributed by atoms with Gasteiger partial charge in [-0.1, -0.05) is 54.6 Å². The van der Waals surface area contributed by atoms with Gasteiger partial charge in [0.2, 0.25) is 5.56 Å². The summed E-state index contributed by atoms with van der Waals surface area (Å²) in [5, 5.41) is 4.18. The first-order valence-electron chi connectivity index (χ1n) is 11.6. The quantitative estimate of drug-likeness (QED) is 0.308. The van der Waals surface area contributed by atoms with Crippen LogP contribution in [0.2, 0.25) is 0 Å². The topological polar surface area (TPSA) is 75.1 Å². The number of nitrogens with one attached hydrogen (secondary N) is 2. The molecule has 5 nitrogen and oxygen atoms in total. The lowest BCUT2D eigenvalue weighted by Gasteiger charge is -2.21. The zero-order valence-electron chi connectivity index (χ0n) is 19.9. The molecule has 5 heteroatoms. The van der Waals surface area contributed by atoms with Crippen molar-refractivity contribution in [3.8, 4) is 22.5 Å². The second-order valence-electron chi connectivity index (χ2n) is 8.84. The molecule has 0 saturated heterocycles. The first-order valence-corrected chi connectivity index (χ1v) is 11.6. The van der Waals surface area contributed by atoms with E-state index in [0.29, 0.717) is 22.3 Å². The summed E-state index contributed by atoms with van der Waals surface area (Å²) in [5.41, 5.74) is 6.60. The second kappa shape index (κ2) is 9.11. The number of anilines is 1. The molecule has 1 atom stereocenters. The third kappa shape index (κ3) is 4.28. The summed E-state index contributed by atoms with van der Waals surface area (Å²) < 4.78 is 6.45. The molecule has 0 fully saturated rings. The maximum absolute atomic E-state index is 13.4. The molecule has 0 bridgehead atoms. The fourth-order valence-electron chi connectivity index (χ4n) is 4.50. The Hall–Kier alpha value is -4.38. The number of hydrogen-bond acceptors (Lipinski definition) is 4. The largest absolute Gasteiger partial charge is 0.455 e. The first-order chi connectivity index (χ1) is 16.9. The molecule has 2 N–H and O–H groups in total. The first kappa shape index (κ1) is 22.4. The zero-order valence-corrected chi connectivity index (χ0v) is 19.9. The van der Waals surface area contributed by atoms with Crippen LogP contribution in [0.1, 0.15) is 29.7 Å². The zero-order chi connectivity index (χ0) is 24.5. The highest BCUT2D eigenvalue weighted by atomic mass is 16.3. The normalized spacial score (nSPS) is 12.0. The summed E-state index contributed by atoms with van der Waals surface area (Å²) in [4.78, 5) is 27.6. The van der Waals surface area contributed by atoms with Crippen molar-refractivity contribution in [2.45, 2.75) is 26.8 Å². The molecule has 3 aromatic carbocycles. The number of hydrogen-bond donors (Lipinski definition) is 2. The maximum Gasteiger partial charge on any atom is 0.247 e. The van der Waals surface area contributed by atoms with Gasteiger partial charge in [-0.15, -0.1) is 0 Å². The van der Waals surface area contributed by atoms with Gasteiger partial charge in [0.05, 0.1) is 11.4 Å². The summed E-state index contributed by atoms with van der Waals surface area (Å²) in [5.74, 6) is 0.592. The Morgan fingerprint density at radius 2 is 1.60 bits per heavy atom. The van der Waals surface area contributed by atoms with Crippen LogP contribution in [0.15, 0.2) is 99.1 Å². The third-order valence-corrected chi connectivity index (χ3v) is 6.29. The maximum atomic E-state index is 13.4. The minimum absolute atomic E-state index is 0.0177. The van der Waals surface area contributed by atoms with Gasteiger partial charge < -0.3 is 14.7 Å². The van der Waals surface area contributed by atoms with E-state index in [2.05, 4.69) is 23.3 Å². The molecule has 35 heavy (non-hydrogen) atoms. The molecular weight excluding hydrogens is 436 g/mol. The summed E-state index contributed by atoms with van der Waals surface area (Å²) in [7, 11) is 0. The summed E-state index contributed by atoms with van der Waals surface area (Å²) in [6, 6.07) is 24.8. The van der Waals surface area contributed by atoms with Gasteiger partial charge in [0.15, 0.2) is 5.43 Å². The average Bonchev–Trinajstić information content (AvgIpc) is 2.87. The number of aromatic amines is 1. The van der Waals surface area contributed by atoms with Crippen LogP contribution in [0.4, 0.5) is 5.69 Å². The predicted molar refractivity (Wildman–Crippen MR) is 142 cm³/mol. The molecule has 0 unspecified atom stereocenters. The van der Waals surface area contributed by atoms with Crippen LogP contribution in [0, 0.1) is 13.8 Å². The fourth-order valence-corrected chi connectivity index (χ4v) is 4.50. The van der Waals surface area contributed by atoms with Gasteiger partial charge in [-0.25, -0.2) is 0 Å². The second-order valence-corrected chi connectivity index (χ2v) is 8.84. The number of para-hydroxylation sites is 1. The van der Waals surface area contributed by atoms with Crippen molar-refractivity contribution in [3.63, 3.8) is 0 Å². The molecule has 174 valence electrons. The predicted octanol–water partition coefficient (Wildman–Crippen LogP) is 6.61. The summed E-state index contributed by atoms with van der Waals surface area (Å²) in [6.07, 6.45) is 1.71. The molecule has 0 aliphatic heterocycles. The van der Waals surface area contributed by atoms with Gasteiger partial charge >= 0.3 is 0 Å². The Bertz CT molecular complexity index is 1630. The van der Waals surface area contributed by atoms with E-state index < -0.39 is 0 Å². The highest BCUT2D eigenvalue weighted by Gasteiger charge is 2.19. The lowest BCUT2D eigenvalue weighted by Crippen LogP contribution is -2.13. The number of aromatic nitrogens is 1. The molecular formula is C30H26N2O3. The number of H-pyrrole nitrogens is 1. The van der Waals surface area contributed by atoms with Crippen molar-refractivity contribution in [2.24, 2.45) is 0 Å². The third-order valence-electron chi connectivity index (χ3n) is 6.29. The van der Waals surface area contributed by atoms with E-state index >= 15 is 0 Å². The Morgan fingerprint density at radius 1 is 0.857 bits per heavy atom. The lowest BCUT2D eigenvalue weighted by molar-refractivity contribution is 0.605. The molecule has 0 amide bonds. The van der Waals surface area contributed by atoms with Crippen molar-refractivity contribution >= 4 is 16.7 Å². The van der Waals surface area contributed by atoms with E-state index in [9.17, 15) is 9.59 Å². The minimum atomic E-state index is -0.157. The molecule has 2 heterocycles. The number of benzene rings is 3. The van der Waals surface area contributed by atoms with Gasteiger partial charge in [0, 0.05) is 45.8 Å². The number of rotatable bonds is 5. The van der Waals surface area contributed by atoms with Crippen LogP contribution in [0.5, 0.6) is 0 Å². The number of fused-ring (bicyclic) bond motifs is 1. The molecule has 0 spiro atoms. The van der Waals surface area contributed by atoms with Crippen LogP contribution < -0.4 is 16.3 Å². The number of aryl methyl sites for hydroxylation is 1. The van der Waals surface area contributed by atoms with Gasteiger partial charge in [-0.05, 0) is 44.5 Å². The van der Waals surface area contributed by atoms with Crippen LogP contribution >= 0.6 is 0 Å². The standard InChI is InChI=1S/C30H26N2O3/c1-18-15-24(20(3)32-26-12-8-7-11-23(26)22-13-14-27(33)31-17-22)30-25(16-18)28(34)19(2)29(35-30)21-9-5-4-6-10-21/h4-17,20,32H,1-3H3,(H,31,33)/t20-/m1/s1. The number of pyridine rings is 1. The van der Waals surface area contributed by atoms with Gasteiger partial charge in [0.1, 0.15) is 11.3 Å². The Morgan fingerprint density at radius 3 is 2.34 bits per heavy atom. The van der Waals surface area contributed by atoms with E-state index in [1.807, 2.05) is 74.5 Å². The molecule has 0 aliphatic carbocycles.